The van der Waals surface area contributed by atoms with E-state index in [9.17, 15) is 10.1 Å². The monoisotopic (exact) mass is 391 g/mol. The highest BCUT2D eigenvalue weighted by atomic mass is 32.1. The van der Waals surface area contributed by atoms with E-state index in [2.05, 4.69) is 23.5 Å². The summed E-state index contributed by atoms with van der Waals surface area (Å²) >= 11 is 1.77. The van der Waals surface area contributed by atoms with Gasteiger partial charge in [-0.2, -0.15) is 5.26 Å². The Morgan fingerprint density at radius 3 is 2.89 bits per heavy atom. The molecule has 4 rings (SSSR count). The van der Waals surface area contributed by atoms with Gasteiger partial charge in [-0.05, 0) is 44.0 Å². The highest BCUT2D eigenvalue weighted by molar-refractivity contribution is 7.18. The molecule has 2 aromatic carbocycles. The number of fused-ring (bicyclic) bond motifs is 1. The van der Waals surface area contributed by atoms with Gasteiger partial charge in [-0.15, -0.1) is 11.3 Å². The van der Waals surface area contributed by atoms with Gasteiger partial charge < -0.3 is 10.2 Å². The smallest absolute Gasteiger partial charge is 0.282 e. The number of carbonyl (C=O) groups excluding carboxylic acids is 1. The summed E-state index contributed by atoms with van der Waals surface area (Å²) in [7, 11) is 0. The van der Waals surface area contributed by atoms with Crippen LogP contribution in [-0.4, -0.2) is 30.0 Å². The van der Waals surface area contributed by atoms with Crippen molar-refractivity contribution in [2.24, 2.45) is 0 Å². The molecule has 0 spiro atoms. The van der Waals surface area contributed by atoms with Crippen LogP contribution in [0.4, 0.5) is 5.69 Å². The quantitative estimate of drug-likeness (QED) is 0.718. The van der Waals surface area contributed by atoms with Gasteiger partial charge in [0.15, 0.2) is 6.04 Å². The maximum atomic E-state index is 12.8. The lowest BCUT2D eigenvalue weighted by molar-refractivity contribution is -0.920. The molecule has 1 aliphatic rings. The van der Waals surface area contributed by atoms with Gasteiger partial charge in [0.05, 0.1) is 40.5 Å². The molecule has 1 aromatic heterocycles. The van der Waals surface area contributed by atoms with E-state index in [4.69, 9.17) is 4.98 Å². The molecule has 1 saturated heterocycles. The summed E-state index contributed by atoms with van der Waals surface area (Å²) in [5.74, 6) is 0.352. The summed E-state index contributed by atoms with van der Waals surface area (Å²) in [5.41, 5.74) is 2.14. The number of piperidine rings is 1. The Balaban J connectivity index is 1.46. The summed E-state index contributed by atoms with van der Waals surface area (Å²) in [4.78, 5) is 18.9. The lowest BCUT2D eigenvalue weighted by atomic mass is 9.97. The lowest BCUT2D eigenvalue weighted by Crippen LogP contribution is -3.17. The second-order valence-corrected chi connectivity index (χ2v) is 8.40. The number of benzene rings is 2. The molecule has 0 bridgehead atoms. The van der Waals surface area contributed by atoms with Crippen molar-refractivity contribution in [3.05, 3.63) is 59.1 Å². The summed E-state index contributed by atoms with van der Waals surface area (Å²) in [6.07, 6.45) is 2.21. The minimum Gasteiger partial charge on any atom is -0.324 e. The van der Waals surface area contributed by atoms with Crippen LogP contribution in [0, 0.1) is 11.3 Å². The number of hydrogen-bond acceptors (Lipinski definition) is 4. The molecular formula is C22H23N4OS+. The molecule has 1 fully saturated rings. The Kier molecular flexibility index (Phi) is 5.38. The van der Waals surface area contributed by atoms with Gasteiger partial charge in [-0.3, -0.25) is 4.79 Å². The van der Waals surface area contributed by atoms with Crippen molar-refractivity contribution in [2.45, 2.75) is 31.7 Å². The summed E-state index contributed by atoms with van der Waals surface area (Å²) in [6.45, 7) is 3.87. The summed E-state index contributed by atoms with van der Waals surface area (Å²) in [6, 6.07) is 17.3. The highest BCUT2D eigenvalue weighted by Crippen LogP contribution is 2.30. The third-order valence-corrected chi connectivity index (χ3v) is 6.73. The van der Waals surface area contributed by atoms with E-state index < -0.39 is 0 Å². The fourth-order valence-corrected chi connectivity index (χ4v) is 4.98. The number of thiazole rings is 1. The average molecular weight is 392 g/mol. The van der Waals surface area contributed by atoms with E-state index in [1.807, 2.05) is 25.1 Å². The molecule has 28 heavy (non-hydrogen) atoms. The SMILES string of the molecule is C[C@@H](C(=O)Nc1ccccc1C#N)[NH+]1CCC[C@H](c2nc3ccccc3s2)C1. The van der Waals surface area contributed by atoms with Crippen LogP contribution >= 0.6 is 11.3 Å². The first-order chi connectivity index (χ1) is 13.7. The van der Waals surface area contributed by atoms with E-state index in [1.165, 1.54) is 14.6 Å². The standard InChI is InChI=1S/C22H22N4OS/c1-15(21(27)24-18-9-3-2-7-16(18)13-23)26-12-6-8-17(14-26)22-25-19-10-4-5-11-20(19)28-22/h2-5,7,9-11,15,17H,6,8,12,14H2,1H3,(H,24,27)/p+1/t15-,17-/m0/s1. The fourth-order valence-electron chi connectivity index (χ4n) is 3.88. The molecule has 3 atom stereocenters. The van der Waals surface area contributed by atoms with Gasteiger partial charge in [0, 0.05) is 0 Å². The summed E-state index contributed by atoms with van der Waals surface area (Å²) < 4.78 is 1.23. The number of nitrogens with zero attached hydrogens (tertiary/aromatic N) is 2. The average Bonchev–Trinajstić information content (AvgIpc) is 3.18. The number of hydrogen-bond donors (Lipinski definition) is 2. The van der Waals surface area contributed by atoms with Crippen LogP contribution in [0.25, 0.3) is 10.2 Å². The van der Waals surface area contributed by atoms with E-state index >= 15 is 0 Å². The molecule has 0 aliphatic carbocycles. The molecule has 1 aliphatic heterocycles. The number of likely N-dealkylation sites (tertiary alicyclic amines) is 1. The molecule has 5 nitrogen and oxygen atoms in total. The summed E-state index contributed by atoms with van der Waals surface area (Å²) in [5, 5.41) is 13.3. The van der Waals surface area contributed by atoms with Crippen LogP contribution in [0.5, 0.6) is 0 Å². The number of nitrogens with one attached hydrogen (secondary N) is 2. The minimum absolute atomic E-state index is 0.0392. The molecule has 0 radical (unpaired) electrons. The van der Waals surface area contributed by atoms with E-state index in [0.717, 1.165) is 31.4 Å². The number of nitriles is 1. The van der Waals surface area contributed by atoms with Gasteiger partial charge in [0.1, 0.15) is 11.1 Å². The largest absolute Gasteiger partial charge is 0.324 e. The second-order valence-electron chi connectivity index (χ2n) is 7.34. The van der Waals surface area contributed by atoms with Crippen LogP contribution in [0.15, 0.2) is 48.5 Å². The number of para-hydroxylation sites is 2. The molecule has 2 N–H and O–H groups in total. The molecule has 1 unspecified atom stereocenters. The molecule has 2 heterocycles. The van der Waals surface area contributed by atoms with Crippen molar-refractivity contribution in [3.63, 3.8) is 0 Å². The zero-order valence-electron chi connectivity index (χ0n) is 15.8. The topological polar surface area (TPSA) is 70.2 Å². The number of amides is 1. The van der Waals surface area contributed by atoms with Crippen molar-refractivity contribution in [3.8, 4) is 6.07 Å². The first kappa shape index (κ1) is 18.6. The first-order valence-electron chi connectivity index (χ1n) is 9.65. The van der Waals surface area contributed by atoms with Gasteiger partial charge >= 0.3 is 0 Å². The lowest BCUT2D eigenvalue weighted by Gasteiger charge is -2.32. The molecule has 3 aromatic rings. The van der Waals surface area contributed by atoms with Gasteiger partial charge in [-0.1, -0.05) is 24.3 Å². The zero-order valence-corrected chi connectivity index (χ0v) is 16.6. The predicted molar refractivity (Wildman–Crippen MR) is 112 cm³/mol. The molecule has 0 saturated carbocycles. The Hall–Kier alpha value is -2.75. The number of carbonyl (C=O) groups is 1. The maximum absolute atomic E-state index is 12.8. The normalized spacial score (nSPS) is 20.4. The van der Waals surface area contributed by atoms with E-state index in [0.29, 0.717) is 17.2 Å². The predicted octanol–water partition coefficient (Wildman–Crippen LogP) is 2.96. The van der Waals surface area contributed by atoms with Gasteiger partial charge in [0.2, 0.25) is 0 Å². The van der Waals surface area contributed by atoms with Crippen LogP contribution in [0.2, 0.25) is 0 Å². The van der Waals surface area contributed by atoms with Crippen LogP contribution in [-0.2, 0) is 4.79 Å². The van der Waals surface area contributed by atoms with E-state index in [-0.39, 0.29) is 11.9 Å². The van der Waals surface area contributed by atoms with Crippen LogP contribution in [0.3, 0.4) is 0 Å². The Morgan fingerprint density at radius 1 is 1.29 bits per heavy atom. The third kappa shape index (κ3) is 3.77. The van der Waals surface area contributed by atoms with Gasteiger partial charge in [0.25, 0.3) is 5.91 Å². The number of anilines is 1. The molecular weight excluding hydrogens is 368 g/mol. The number of rotatable bonds is 4. The van der Waals surface area contributed by atoms with Gasteiger partial charge in [-0.25, -0.2) is 4.98 Å². The number of quaternary nitrogens is 1. The Bertz CT molecular complexity index is 1010. The zero-order chi connectivity index (χ0) is 19.5. The molecule has 6 heteroatoms. The second kappa shape index (κ2) is 8.09. The maximum Gasteiger partial charge on any atom is 0.282 e. The van der Waals surface area contributed by atoms with Crippen molar-refractivity contribution in [1.29, 1.82) is 5.26 Å². The van der Waals surface area contributed by atoms with Crippen molar-refractivity contribution in [1.82, 2.24) is 4.98 Å². The van der Waals surface area contributed by atoms with E-state index in [1.54, 1.807) is 29.5 Å². The fraction of sp³-hybridized carbons (Fsp3) is 0.318. The van der Waals surface area contributed by atoms with Crippen molar-refractivity contribution in [2.75, 3.05) is 18.4 Å². The third-order valence-electron chi connectivity index (χ3n) is 5.53. The molecule has 1 amide bonds. The van der Waals surface area contributed by atoms with Crippen LogP contribution < -0.4 is 10.2 Å². The Morgan fingerprint density at radius 2 is 2.07 bits per heavy atom. The first-order valence-corrected chi connectivity index (χ1v) is 10.5. The Labute approximate surface area is 168 Å². The number of aromatic nitrogens is 1. The molecule has 142 valence electrons. The minimum atomic E-state index is -0.177. The van der Waals surface area contributed by atoms with Crippen molar-refractivity contribution < 1.29 is 9.69 Å². The highest BCUT2D eigenvalue weighted by Gasteiger charge is 2.33. The van der Waals surface area contributed by atoms with Crippen LogP contribution in [0.1, 0.15) is 36.3 Å². The van der Waals surface area contributed by atoms with Crippen molar-refractivity contribution >= 4 is 33.1 Å².